The minimum Gasteiger partial charge on any atom is -0.376 e. The second kappa shape index (κ2) is 6.80. The van der Waals surface area contributed by atoms with Crippen molar-refractivity contribution in [2.24, 2.45) is 10.4 Å². The predicted octanol–water partition coefficient (Wildman–Crippen LogP) is 3.05. The van der Waals surface area contributed by atoms with Crippen molar-refractivity contribution in [3.05, 3.63) is 0 Å². The normalized spacial score (nSPS) is 27.7. The van der Waals surface area contributed by atoms with Crippen LogP contribution in [-0.4, -0.2) is 36.7 Å². The summed E-state index contributed by atoms with van der Waals surface area (Å²) in [5, 5.41) is 4.59. The van der Waals surface area contributed by atoms with Gasteiger partial charge >= 0.3 is 0 Å². The topological polar surface area (TPSA) is 33.6 Å². The average Bonchev–Trinajstić information content (AvgIpc) is 2.47. The van der Waals surface area contributed by atoms with E-state index in [9.17, 15) is 0 Å². The lowest BCUT2D eigenvalue weighted by Crippen LogP contribution is -2.38. The highest BCUT2D eigenvalue weighted by Gasteiger charge is 2.30. The predicted molar refractivity (Wildman–Crippen MR) is 79.4 cm³/mol. The summed E-state index contributed by atoms with van der Waals surface area (Å²) in [4.78, 5) is 4.72. The van der Waals surface area contributed by atoms with Crippen molar-refractivity contribution in [1.29, 1.82) is 0 Å². The molecule has 0 aromatic carbocycles. The van der Waals surface area contributed by atoms with E-state index in [1.807, 2.05) is 11.8 Å². The largest absolute Gasteiger partial charge is 0.376 e. The van der Waals surface area contributed by atoms with Crippen LogP contribution < -0.4 is 5.32 Å². The fourth-order valence-corrected chi connectivity index (χ4v) is 3.79. The van der Waals surface area contributed by atoms with Crippen molar-refractivity contribution < 1.29 is 4.74 Å². The second-order valence-corrected chi connectivity index (χ2v) is 6.45. The van der Waals surface area contributed by atoms with Crippen LogP contribution in [0.4, 0.5) is 0 Å². The number of nitrogens with one attached hydrogen (secondary N) is 1. The Labute approximate surface area is 115 Å². The summed E-state index contributed by atoms with van der Waals surface area (Å²) in [6.45, 7) is 7.42. The van der Waals surface area contributed by atoms with Crippen molar-refractivity contribution in [3.8, 4) is 0 Å². The molecule has 1 N–H and O–H groups in total. The van der Waals surface area contributed by atoms with Gasteiger partial charge in [-0.15, -0.1) is 0 Å². The number of aliphatic imine (C=N–C) groups is 1. The van der Waals surface area contributed by atoms with E-state index in [1.165, 1.54) is 37.9 Å². The fourth-order valence-electron chi connectivity index (χ4n) is 2.51. The first-order valence-electron chi connectivity index (χ1n) is 7.31. The van der Waals surface area contributed by atoms with Gasteiger partial charge in [0.1, 0.15) is 0 Å². The van der Waals surface area contributed by atoms with Crippen LogP contribution in [0.3, 0.4) is 0 Å². The number of hydrogen-bond acceptors (Lipinski definition) is 4. The summed E-state index contributed by atoms with van der Waals surface area (Å²) in [6.07, 6.45) is 6.59. The number of thioether (sulfide) groups is 1. The molecule has 0 aromatic rings. The molecule has 1 unspecified atom stereocenters. The number of nitrogens with zero attached hydrogens (tertiary/aromatic N) is 1. The monoisotopic (exact) mass is 270 g/mol. The highest BCUT2D eigenvalue weighted by Crippen LogP contribution is 2.34. The molecule has 1 fully saturated rings. The number of amidine groups is 1. The van der Waals surface area contributed by atoms with Crippen molar-refractivity contribution in [1.82, 2.24) is 5.32 Å². The van der Waals surface area contributed by atoms with Gasteiger partial charge in [0.05, 0.1) is 6.10 Å². The van der Waals surface area contributed by atoms with Gasteiger partial charge in [-0.2, -0.15) is 0 Å². The molecular formula is C14H26N2OS. The van der Waals surface area contributed by atoms with Crippen LogP contribution in [0.5, 0.6) is 0 Å². The highest BCUT2D eigenvalue weighted by molar-refractivity contribution is 8.13. The van der Waals surface area contributed by atoms with Crippen LogP contribution in [0.1, 0.15) is 46.0 Å². The zero-order chi connectivity index (χ0) is 12.8. The number of ether oxygens (including phenoxy) is 1. The standard InChI is InChI=1S/C14H26N2OS/c1-3-14(4-2)10-16-13(18-11-14)15-9-12-7-5-6-8-17-12/h12H,3-11H2,1-2H3,(H,15,16). The lowest BCUT2D eigenvalue weighted by Gasteiger charge is -2.34. The zero-order valence-electron chi connectivity index (χ0n) is 11.7. The molecule has 0 radical (unpaired) electrons. The molecule has 0 aliphatic carbocycles. The van der Waals surface area contributed by atoms with Crippen LogP contribution in [-0.2, 0) is 4.74 Å². The van der Waals surface area contributed by atoms with E-state index in [4.69, 9.17) is 9.73 Å². The van der Waals surface area contributed by atoms with Crippen molar-refractivity contribution in [2.45, 2.75) is 52.1 Å². The molecule has 18 heavy (non-hydrogen) atoms. The molecule has 2 rings (SSSR count). The molecule has 0 amide bonds. The lowest BCUT2D eigenvalue weighted by molar-refractivity contribution is 0.0196. The molecule has 4 heteroatoms. The van der Waals surface area contributed by atoms with Crippen molar-refractivity contribution in [3.63, 3.8) is 0 Å². The molecule has 0 bridgehead atoms. The lowest BCUT2D eigenvalue weighted by atomic mass is 9.84. The SMILES string of the molecule is CCC1(CC)CN=C(NCC2CCCCO2)SC1. The maximum absolute atomic E-state index is 5.73. The summed E-state index contributed by atoms with van der Waals surface area (Å²) in [6, 6.07) is 0. The van der Waals surface area contributed by atoms with Gasteiger partial charge in [-0.3, -0.25) is 4.99 Å². The number of rotatable bonds is 4. The summed E-state index contributed by atoms with van der Waals surface area (Å²) >= 11 is 1.89. The first-order chi connectivity index (χ1) is 8.78. The Morgan fingerprint density at radius 3 is 2.78 bits per heavy atom. The van der Waals surface area contributed by atoms with Gasteiger partial charge in [-0.25, -0.2) is 0 Å². The molecule has 3 nitrogen and oxygen atoms in total. The second-order valence-electron chi connectivity index (χ2n) is 5.49. The van der Waals surface area contributed by atoms with E-state index in [2.05, 4.69) is 19.2 Å². The quantitative estimate of drug-likeness (QED) is 0.852. The van der Waals surface area contributed by atoms with Crippen LogP contribution in [0, 0.1) is 5.41 Å². The zero-order valence-corrected chi connectivity index (χ0v) is 12.5. The first-order valence-corrected chi connectivity index (χ1v) is 8.29. The van der Waals surface area contributed by atoms with Crippen LogP contribution in [0.2, 0.25) is 0 Å². The molecule has 0 spiro atoms. The molecule has 1 atom stereocenters. The molecule has 0 saturated carbocycles. The van der Waals surface area contributed by atoms with E-state index >= 15 is 0 Å². The maximum atomic E-state index is 5.73. The van der Waals surface area contributed by atoms with E-state index in [-0.39, 0.29) is 0 Å². The Kier molecular flexibility index (Phi) is 5.37. The van der Waals surface area contributed by atoms with Gasteiger partial charge < -0.3 is 10.1 Å². The minimum absolute atomic E-state index is 0.395. The van der Waals surface area contributed by atoms with Gasteiger partial charge in [-0.1, -0.05) is 25.6 Å². The Morgan fingerprint density at radius 1 is 1.39 bits per heavy atom. The van der Waals surface area contributed by atoms with E-state index in [0.29, 0.717) is 11.5 Å². The minimum atomic E-state index is 0.395. The first kappa shape index (κ1) is 14.2. The van der Waals surface area contributed by atoms with Gasteiger partial charge in [0.25, 0.3) is 0 Å². The molecule has 2 aliphatic rings. The van der Waals surface area contributed by atoms with Crippen LogP contribution >= 0.6 is 11.8 Å². The smallest absolute Gasteiger partial charge is 0.156 e. The molecule has 2 aliphatic heterocycles. The van der Waals surface area contributed by atoms with Crippen molar-refractivity contribution in [2.75, 3.05) is 25.4 Å². The van der Waals surface area contributed by atoms with Gasteiger partial charge in [0, 0.05) is 25.4 Å². The molecule has 1 saturated heterocycles. The summed E-state index contributed by atoms with van der Waals surface area (Å²) in [5.74, 6) is 1.21. The molecule has 104 valence electrons. The maximum Gasteiger partial charge on any atom is 0.156 e. The van der Waals surface area contributed by atoms with Gasteiger partial charge in [-0.05, 0) is 37.5 Å². The third kappa shape index (κ3) is 3.64. The molecule has 2 heterocycles. The van der Waals surface area contributed by atoms with Crippen LogP contribution in [0.25, 0.3) is 0 Å². The average molecular weight is 270 g/mol. The fraction of sp³-hybridized carbons (Fsp3) is 0.929. The van der Waals surface area contributed by atoms with E-state index in [0.717, 1.165) is 24.9 Å². The molecule has 0 aromatic heterocycles. The Balaban J connectivity index is 1.76. The third-order valence-electron chi connectivity index (χ3n) is 4.33. The van der Waals surface area contributed by atoms with Gasteiger partial charge in [0.15, 0.2) is 5.17 Å². The summed E-state index contributed by atoms with van der Waals surface area (Å²) < 4.78 is 5.73. The van der Waals surface area contributed by atoms with E-state index in [1.54, 1.807) is 0 Å². The molecular weight excluding hydrogens is 244 g/mol. The third-order valence-corrected chi connectivity index (χ3v) is 5.63. The van der Waals surface area contributed by atoms with Crippen LogP contribution in [0.15, 0.2) is 4.99 Å². The highest BCUT2D eigenvalue weighted by atomic mass is 32.2. The summed E-state index contributed by atoms with van der Waals surface area (Å²) in [7, 11) is 0. The van der Waals surface area contributed by atoms with E-state index < -0.39 is 0 Å². The number of hydrogen-bond donors (Lipinski definition) is 1. The van der Waals surface area contributed by atoms with Crippen molar-refractivity contribution >= 4 is 16.9 Å². The Hall–Kier alpha value is -0.220. The Morgan fingerprint density at radius 2 is 2.22 bits per heavy atom. The summed E-state index contributed by atoms with van der Waals surface area (Å²) in [5.41, 5.74) is 0.442. The van der Waals surface area contributed by atoms with Gasteiger partial charge in [0.2, 0.25) is 0 Å². The Bertz CT molecular complexity index is 284.